The lowest BCUT2D eigenvalue weighted by Crippen LogP contribution is -2.10. The van der Waals surface area contributed by atoms with Crippen LogP contribution in [-0.2, 0) is 0 Å². The molecule has 0 bridgehead atoms. The largest absolute Gasteiger partial charge is 0.456 e. The van der Waals surface area contributed by atoms with Crippen molar-refractivity contribution in [2.75, 3.05) is 4.90 Å². The molecule has 24 aromatic rings. The Balaban J connectivity index is 0.000000134. The van der Waals surface area contributed by atoms with Crippen molar-refractivity contribution in [3.63, 3.8) is 0 Å². The summed E-state index contributed by atoms with van der Waals surface area (Å²) in [7, 11) is 0. The normalized spacial score (nSPS) is 11.9. The lowest BCUT2D eigenvalue weighted by molar-refractivity contribution is 0.669. The van der Waals surface area contributed by atoms with Gasteiger partial charge in [-0.15, -0.1) is 0 Å². The van der Waals surface area contributed by atoms with Crippen LogP contribution < -0.4 is 4.90 Å². The van der Waals surface area contributed by atoms with E-state index in [-0.39, 0.29) is 0 Å². The molecule has 0 saturated heterocycles. The van der Waals surface area contributed by atoms with Crippen LogP contribution in [-0.4, -0.2) is 33.6 Å². The molecule has 7 heterocycles. The maximum absolute atomic E-state index is 6.52. The van der Waals surface area contributed by atoms with Crippen molar-refractivity contribution in [2.45, 2.75) is 0 Å². The molecular weight excluding hydrogens is 1370 g/mol. The fourth-order valence-corrected chi connectivity index (χ4v) is 17.3. The third-order valence-corrected chi connectivity index (χ3v) is 22.4. The minimum atomic E-state index is 0.615. The number of fused-ring (bicyclic) bond motifs is 19. The first kappa shape index (κ1) is 62.9. The van der Waals surface area contributed by atoms with Gasteiger partial charge in [-0.2, -0.15) is 0 Å². The highest BCUT2D eigenvalue weighted by Crippen LogP contribution is 2.45. The number of rotatable bonds is 9. The third-order valence-electron chi connectivity index (χ3n) is 22.4. The molecule has 10 nitrogen and oxygen atoms in total. The van der Waals surface area contributed by atoms with Gasteiger partial charge in [0.1, 0.15) is 22.3 Å². The highest BCUT2D eigenvalue weighted by molar-refractivity contribution is 6.16. The zero-order chi connectivity index (χ0) is 73.5. The lowest BCUT2D eigenvalue weighted by atomic mass is 10.0. The molecule has 0 N–H and O–H groups in total. The van der Waals surface area contributed by atoms with Gasteiger partial charge in [-0.25, -0.2) is 19.9 Å². The maximum Gasteiger partial charge on any atom is 0.235 e. The molecule has 7 aromatic heterocycles. The van der Waals surface area contributed by atoms with E-state index < -0.39 is 0 Å². The molecule has 0 aliphatic rings. The molecule has 24 rings (SSSR count). The smallest absolute Gasteiger partial charge is 0.235 e. The monoisotopic (exact) mass is 1430 g/mol. The fraction of sp³-hybridized carbons (Fsp3) is 0. The van der Waals surface area contributed by atoms with Gasteiger partial charge in [0.15, 0.2) is 0 Å². The van der Waals surface area contributed by atoms with Crippen LogP contribution >= 0.6 is 0 Å². The quantitative estimate of drug-likeness (QED) is 0.142. The zero-order valence-corrected chi connectivity index (χ0v) is 60.2. The first-order valence-corrected chi connectivity index (χ1v) is 37.8. The highest BCUT2D eigenvalue weighted by Gasteiger charge is 2.24. The van der Waals surface area contributed by atoms with E-state index in [1.807, 2.05) is 12.1 Å². The number of hydrogen-bond acceptors (Lipinski definition) is 7. The van der Waals surface area contributed by atoms with E-state index >= 15 is 0 Å². The Hall–Kier alpha value is -15.3. The van der Waals surface area contributed by atoms with Crippen LogP contribution in [0.5, 0.6) is 0 Å². The average Bonchev–Trinajstić information content (AvgIpc) is 1.58. The zero-order valence-electron chi connectivity index (χ0n) is 60.2. The van der Waals surface area contributed by atoms with Crippen molar-refractivity contribution in [3.8, 4) is 51.2 Å². The SMILES string of the molecule is c1ccc(-n2c3ccccc3c3cc(-c4ccc5c(c4)c4ccccc4n5-c4nc(-c5ccc6c(c5)oc5cc7ccccc7cc56)c5ccccc5n4)ccc32)cc1.c1ccc(N(c2ccccc2)c2ccc3c4ccccc4n(-c4nc(-c5ccc6c(c5)oc5cc7ccccc7cc56)c5ccccc5n4)c3c2)cc1. The second-order valence-electron chi connectivity index (χ2n) is 28.9. The van der Waals surface area contributed by atoms with Crippen LogP contribution in [0.1, 0.15) is 0 Å². The van der Waals surface area contributed by atoms with E-state index in [0.717, 1.165) is 171 Å². The summed E-state index contributed by atoms with van der Waals surface area (Å²) in [5, 5.41) is 18.2. The minimum Gasteiger partial charge on any atom is -0.456 e. The summed E-state index contributed by atoms with van der Waals surface area (Å²) in [6.07, 6.45) is 0. The van der Waals surface area contributed by atoms with Crippen LogP contribution in [0.3, 0.4) is 0 Å². The molecule has 17 aromatic carbocycles. The van der Waals surface area contributed by atoms with Crippen molar-refractivity contribution in [1.82, 2.24) is 33.6 Å². The van der Waals surface area contributed by atoms with Gasteiger partial charge in [0.05, 0.1) is 55.5 Å². The Morgan fingerprint density at radius 2 is 0.562 bits per heavy atom. The summed E-state index contributed by atoms with van der Waals surface area (Å²) in [6.45, 7) is 0. The van der Waals surface area contributed by atoms with Crippen LogP contribution in [0.15, 0.2) is 385 Å². The summed E-state index contributed by atoms with van der Waals surface area (Å²) in [6, 6.07) is 133. The van der Waals surface area contributed by atoms with E-state index in [4.69, 9.17) is 28.8 Å². The molecular formula is C102H62N8O2. The summed E-state index contributed by atoms with van der Waals surface area (Å²) >= 11 is 0. The van der Waals surface area contributed by atoms with Gasteiger partial charge < -0.3 is 18.3 Å². The Labute approximate surface area is 640 Å². The van der Waals surface area contributed by atoms with Crippen molar-refractivity contribution in [1.29, 1.82) is 0 Å². The molecule has 0 spiro atoms. The molecule has 0 unspecified atom stereocenters. The molecule has 0 saturated carbocycles. The van der Waals surface area contributed by atoms with Crippen molar-refractivity contribution < 1.29 is 8.83 Å². The molecule has 522 valence electrons. The molecule has 112 heavy (non-hydrogen) atoms. The molecule has 0 aliphatic carbocycles. The number of anilines is 3. The van der Waals surface area contributed by atoms with E-state index in [1.54, 1.807) is 0 Å². The summed E-state index contributed by atoms with van der Waals surface area (Å²) in [5.41, 5.74) is 22.1. The second kappa shape index (κ2) is 25.2. The number of benzene rings is 17. The Bertz CT molecular complexity index is 7930. The molecule has 0 radical (unpaired) electrons. The van der Waals surface area contributed by atoms with Crippen LogP contribution in [0.2, 0.25) is 0 Å². The van der Waals surface area contributed by atoms with Crippen molar-refractivity contribution in [3.05, 3.63) is 376 Å². The molecule has 0 aliphatic heterocycles. The van der Waals surface area contributed by atoms with Crippen LogP contribution in [0.25, 0.3) is 204 Å². The predicted octanol–water partition coefficient (Wildman–Crippen LogP) is 27.1. The molecule has 0 fully saturated rings. The molecule has 0 atom stereocenters. The highest BCUT2D eigenvalue weighted by atomic mass is 16.3. The molecule has 0 amide bonds. The first-order chi connectivity index (χ1) is 55.5. The molecule has 10 heteroatoms. The topological polar surface area (TPSA) is 95.9 Å². The van der Waals surface area contributed by atoms with Crippen molar-refractivity contribution in [2.24, 2.45) is 0 Å². The van der Waals surface area contributed by atoms with E-state index in [9.17, 15) is 0 Å². The number of para-hydroxylation sites is 8. The first-order valence-electron chi connectivity index (χ1n) is 37.8. The number of nitrogens with zero attached hydrogens (tertiary/aromatic N) is 8. The minimum absolute atomic E-state index is 0.615. The van der Waals surface area contributed by atoms with Gasteiger partial charge >= 0.3 is 0 Å². The second-order valence-corrected chi connectivity index (χ2v) is 28.9. The van der Waals surface area contributed by atoms with Gasteiger partial charge in [-0.1, -0.05) is 224 Å². The lowest BCUT2D eigenvalue weighted by Gasteiger charge is -2.25. The number of hydrogen-bond donors (Lipinski definition) is 0. The summed E-state index contributed by atoms with van der Waals surface area (Å²) < 4.78 is 19.8. The van der Waals surface area contributed by atoms with E-state index in [0.29, 0.717) is 11.9 Å². The summed E-state index contributed by atoms with van der Waals surface area (Å²) in [4.78, 5) is 23.6. The van der Waals surface area contributed by atoms with E-state index in [2.05, 4.69) is 383 Å². The standard InChI is InChI=1S/C54H32N4O.C48H30N4O/c1-2-14-38(15-3-1)57-47-20-10-7-16-39(47)43-28-35(23-26-49(43)57)36-24-27-50-44(29-36)40-17-8-11-21-48(40)58(50)54-55-46-19-9-6-18-42(46)53(56-54)37-22-25-41-45-30-33-12-4-5-13-34(33)31-52(45)59-51(41)32-37;1-3-15-34(16-4-1)51(35-17-5-2-6-18-35)36-24-26-38-37-19-10-12-22-43(37)52(44(38)30-36)48-49-42-21-11-9-20-40(42)47(50-48)33-23-25-39-41-27-31-13-7-8-14-32(31)28-46(41)53-45(39)29-33/h1-32H;1-30H. The average molecular weight is 1430 g/mol. The predicted molar refractivity (Wildman–Crippen MR) is 463 cm³/mol. The number of aromatic nitrogens is 7. The van der Waals surface area contributed by atoms with Gasteiger partial charge in [-0.3, -0.25) is 9.13 Å². The van der Waals surface area contributed by atoms with Gasteiger partial charge in [-0.05, 0) is 184 Å². The van der Waals surface area contributed by atoms with Crippen LogP contribution in [0.4, 0.5) is 17.1 Å². The van der Waals surface area contributed by atoms with E-state index in [1.165, 1.54) is 38.1 Å². The van der Waals surface area contributed by atoms with Crippen LogP contribution in [0, 0.1) is 0 Å². The van der Waals surface area contributed by atoms with Gasteiger partial charge in [0.25, 0.3) is 0 Å². The van der Waals surface area contributed by atoms with Gasteiger partial charge in [0.2, 0.25) is 11.9 Å². The Kier molecular flexibility index (Phi) is 14.1. The number of furan rings is 2. The Morgan fingerprint density at radius 1 is 0.205 bits per heavy atom. The van der Waals surface area contributed by atoms with Crippen molar-refractivity contribution >= 4 is 170 Å². The van der Waals surface area contributed by atoms with Gasteiger partial charge in [0, 0.05) is 98.5 Å². The maximum atomic E-state index is 6.52. The summed E-state index contributed by atoms with van der Waals surface area (Å²) in [5.74, 6) is 1.24. The fourth-order valence-electron chi connectivity index (χ4n) is 17.3. The Morgan fingerprint density at radius 3 is 1.06 bits per heavy atom. The third kappa shape index (κ3) is 10.1.